The van der Waals surface area contributed by atoms with Gasteiger partial charge in [-0.05, 0) is 36.6 Å². The lowest BCUT2D eigenvalue weighted by atomic mass is 9.77. The third-order valence-corrected chi connectivity index (χ3v) is 7.31. The number of esters is 1. The molecule has 2 aliphatic rings. The van der Waals surface area contributed by atoms with Crippen molar-refractivity contribution in [1.82, 2.24) is 5.32 Å². The van der Waals surface area contributed by atoms with Crippen molar-refractivity contribution < 1.29 is 28.6 Å². The summed E-state index contributed by atoms with van der Waals surface area (Å²) in [5.41, 5.74) is -0.200. The molecule has 0 spiro atoms. The zero-order valence-electron chi connectivity index (χ0n) is 19.6. The second kappa shape index (κ2) is 9.68. The van der Waals surface area contributed by atoms with Gasteiger partial charge in [-0.1, -0.05) is 24.3 Å². The highest BCUT2D eigenvalue weighted by atomic mass is 32.2. The number of methoxy groups -OCH3 is 3. The predicted molar refractivity (Wildman–Crippen MR) is 129 cm³/mol. The van der Waals surface area contributed by atoms with Crippen LogP contribution in [0.4, 0.5) is 5.69 Å². The Bertz CT molecular complexity index is 1090. The average Bonchev–Trinajstić information content (AvgIpc) is 3.36. The van der Waals surface area contributed by atoms with Gasteiger partial charge in [-0.25, -0.2) is 4.90 Å². The molecule has 0 bridgehead atoms. The highest BCUT2D eigenvalue weighted by molar-refractivity contribution is 7.98. The Morgan fingerprint density at radius 2 is 1.79 bits per heavy atom. The highest BCUT2D eigenvalue weighted by Crippen LogP contribution is 2.53. The van der Waals surface area contributed by atoms with Crippen molar-refractivity contribution in [2.75, 3.05) is 38.2 Å². The smallest absolute Gasteiger partial charge is 0.326 e. The molecule has 0 aliphatic carbocycles. The first kappa shape index (κ1) is 24.1. The molecule has 8 nitrogen and oxygen atoms in total. The Kier molecular flexibility index (Phi) is 6.86. The molecule has 4 atom stereocenters. The van der Waals surface area contributed by atoms with E-state index in [-0.39, 0.29) is 5.91 Å². The second-order valence-electron chi connectivity index (χ2n) is 8.29. The van der Waals surface area contributed by atoms with Gasteiger partial charge >= 0.3 is 5.97 Å². The van der Waals surface area contributed by atoms with Crippen LogP contribution in [0.5, 0.6) is 11.5 Å². The lowest BCUT2D eigenvalue weighted by molar-refractivity contribution is -0.152. The van der Waals surface area contributed by atoms with E-state index in [0.717, 1.165) is 0 Å². The van der Waals surface area contributed by atoms with Crippen LogP contribution in [0.2, 0.25) is 0 Å². The predicted octanol–water partition coefficient (Wildman–Crippen LogP) is 2.82. The molecular weight excluding hydrogens is 456 g/mol. The van der Waals surface area contributed by atoms with Crippen LogP contribution in [0.25, 0.3) is 0 Å². The van der Waals surface area contributed by atoms with Crippen LogP contribution >= 0.6 is 11.8 Å². The van der Waals surface area contributed by atoms with Crippen molar-refractivity contribution >= 4 is 35.2 Å². The van der Waals surface area contributed by atoms with Crippen molar-refractivity contribution in [2.45, 2.75) is 18.0 Å². The largest absolute Gasteiger partial charge is 0.497 e. The summed E-state index contributed by atoms with van der Waals surface area (Å²) in [5, 5.41) is 3.38. The van der Waals surface area contributed by atoms with Crippen LogP contribution in [-0.2, 0) is 19.1 Å². The molecule has 1 N–H and O–H groups in total. The maximum absolute atomic E-state index is 13.8. The van der Waals surface area contributed by atoms with E-state index in [2.05, 4.69) is 5.32 Å². The van der Waals surface area contributed by atoms with Crippen LogP contribution in [-0.4, -0.2) is 56.7 Å². The van der Waals surface area contributed by atoms with Gasteiger partial charge in [0.25, 0.3) is 0 Å². The lowest BCUT2D eigenvalue weighted by Crippen LogP contribution is -2.56. The van der Waals surface area contributed by atoms with E-state index >= 15 is 0 Å². The standard InChI is InChI=1S/C25H28N2O6S/c1-31-16-10-11-17(18(14-16)32-2)21-19-20(25(26-21,12-13-34-4)24(30)33-3)23(29)27(22(19)28)15-8-6-5-7-9-15/h5-11,14,19-21,26H,12-13H2,1-4H3/t19-,20+,21-,25-/m1/s1. The van der Waals surface area contributed by atoms with E-state index in [1.165, 1.54) is 19.1 Å². The highest BCUT2D eigenvalue weighted by Gasteiger charge is 2.69. The summed E-state index contributed by atoms with van der Waals surface area (Å²) in [5.74, 6) is -1.35. The third-order valence-electron chi connectivity index (χ3n) is 6.69. The normalized spacial score (nSPS) is 25.9. The molecule has 2 heterocycles. The molecule has 0 saturated carbocycles. The number of benzene rings is 2. The summed E-state index contributed by atoms with van der Waals surface area (Å²) in [6.07, 6.45) is 2.26. The number of thioether (sulfide) groups is 1. The minimum absolute atomic E-state index is 0.332. The molecule has 180 valence electrons. The molecule has 2 aliphatic heterocycles. The summed E-state index contributed by atoms with van der Waals surface area (Å²) in [6.45, 7) is 0. The van der Waals surface area contributed by atoms with Crippen LogP contribution in [0.1, 0.15) is 18.0 Å². The quantitative estimate of drug-likeness (QED) is 0.452. The first-order valence-electron chi connectivity index (χ1n) is 10.9. The Labute approximate surface area is 202 Å². The van der Waals surface area contributed by atoms with Crippen molar-refractivity contribution in [3.05, 3.63) is 54.1 Å². The van der Waals surface area contributed by atoms with Gasteiger partial charge in [-0.3, -0.25) is 19.7 Å². The van der Waals surface area contributed by atoms with Crippen molar-refractivity contribution in [1.29, 1.82) is 0 Å². The number of fused-ring (bicyclic) bond motifs is 1. The van der Waals surface area contributed by atoms with Gasteiger partial charge in [0.15, 0.2) is 0 Å². The van der Waals surface area contributed by atoms with Crippen LogP contribution in [0.15, 0.2) is 48.5 Å². The Morgan fingerprint density at radius 3 is 2.41 bits per heavy atom. The fourth-order valence-corrected chi connectivity index (χ4v) is 5.67. The van der Waals surface area contributed by atoms with Crippen LogP contribution < -0.4 is 19.7 Å². The van der Waals surface area contributed by atoms with Gasteiger partial charge in [-0.2, -0.15) is 11.8 Å². The third kappa shape index (κ3) is 3.73. The molecule has 4 rings (SSSR count). The van der Waals surface area contributed by atoms with Gasteiger partial charge in [0.2, 0.25) is 11.8 Å². The van der Waals surface area contributed by atoms with Gasteiger partial charge in [0.05, 0.1) is 38.9 Å². The Morgan fingerprint density at radius 1 is 1.06 bits per heavy atom. The molecule has 2 aromatic carbocycles. The zero-order chi connectivity index (χ0) is 24.5. The first-order chi connectivity index (χ1) is 16.4. The first-order valence-corrected chi connectivity index (χ1v) is 12.3. The number of anilines is 1. The average molecular weight is 485 g/mol. The fraction of sp³-hybridized carbons (Fsp3) is 0.400. The number of nitrogens with zero attached hydrogens (tertiary/aromatic N) is 1. The van der Waals surface area contributed by atoms with Gasteiger partial charge in [-0.15, -0.1) is 0 Å². The number of para-hydroxylation sites is 1. The number of amides is 2. The van der Waals surface area contributed by atoms with Crippen molar-refractivity contribution in [3.63, 3.8) is 0 Å². The fourth-order valence-electron chi connectivity index (χ4n) is 5.14. The number of imide groups is 1. The molecule has 0 unspecified atom stereocenters. The molecular formula is C25H28N2O6S. The van der Waals surface area contributed by atoms with Gasteiger partial charge in [0.1, 0.15) is 17.0 Å². The summed E-state index contributed by atoms with van der Waals surface area (Å²) in [7, 11) is 4.39. The molecule has 34 heavy (non-hydrogen) atoms. The summed E-state index contributed by atoms with van der Waals surface area (Å²) >= 11 is 1.56. The number of rotatable bonds is 8. The number of nitrogens with one attached hydrogen (secondary N) is 1. The van der Waals surface area contributed by atoms with E-state index in [4.69, 9.17) is 14.2 Å². The topological polar surface area (TPSA) is 94.2 Å². The second-order valence-corrected chi connectivity index (χ2v) is 9.27. The SMILES string of the molecule is COC(=O)[C@]1(CCSC)N[C@H](c2ccc(OC)cc2OC)[C@@H]2C(=O)N(c3ccccc3)C(=O)[C@H]21. The summed E-state index contributed by atoms with van der Waals surface area (Å²) in [4.78, 5) is 42.1. The molecule has 2 amide bonds. The molecule has 2 fully saturated rings. The van der Waals surface area contributed by atoms with E-state index in [0.29, 0.717) is 34.9 Å². The van der Waals surface area contributed by atoms with Crippen LogP contribution in [0.3, 0.4) is 0 Å². The minimum atomic E-state index is -1.35. The van der Waals surface area contributed by atoms with E-state index in [9.17, 15) is 14.4 Å². The van der Waals surface area contributed by atoms with Crippen molar-refractivity contribution in [3.8, 4) is 11.5 Å². The van der Waals surface area contributed by atoms with Crippen LogP contribution in [0, 0.1) is 11.8 Å². The monoisotopic (exact) mass is 484 g/mol. The zero-order valence-corrected chi connectivity index (χ0v) is 20.4. The number of hydrogen-bond donors (Lipinski definition) is 1. The van der Waals surface area contributed by atoms with E-state index < -0.39 is 35.3 Å². The number of ether oxygens (including phenoxy) is 3. The summed E-state index contributed by atoms with van der Waals surface area (Å²) < 4.78 is 16.1. The molecule has 0 aromatic heterocycles. The lowest BCUT2D eigenvalue weighted by Gasteiger charge is -2.32. The van der Waals surface area contributed by atoms with Gasteiger partial charge < -0.3 is 14.2 Å². The number of hydrogen-bond acceptors (Lipinski definition) is 8. The summed E-state index contributed by atoms with van der Waals surface area (Å²) in [6, 6.07) is 13.4. The molecule has 0 radical (unpaired) electrons. The molecule has 2 aromatic rings. The maximum atomic E-state index is 13.8. The van der Waals surface area contributed by atoms with E-state index in [1.807, 2.05) is 12.3 Å². The molecule has 9 heteroatoms. The maximum Gasteiger partial charge on any atom is 0.326 e. The number of carbonyl (C=O) groups is 3. The number of carbonyl (C=O) groups excluding carboxylic acids is 3. The Balaban J connectivity index is 1.89. The van der Waals surface area contributed by atoms with Crippen molar-refractivity contribution in [2.24, 2.45) is 11.8 Å². The van der Waals surface area contributed by atoms with E-state index in [1.54, 1.807) is 61.3 Å². The van der Waals surface area contributed by atoms with Gasteiger partial charge in [0, 0.05) is 17.7 Å². The Hall–Kier alpha value is -3.04. The molecule has 2 saturated heterocycles. The minimum Gasteiger partial charge on any atom is -0.497 e.